The van der Waals surface area contributed by atoms with Gasteiger partial charge in [0.25, 0.3) is 0 Å². The van der Waals surface area contributed by atoms with E-state index in [-0.39, 0.29) is 23.9 Å². The maximum Gasteiger partial charge on any atom is 0.240 e. The van der Waals surface area contributed by atoms with Crippen LogP contribution < -0.4 is 26.9 Å². The minimum absolute atomic E-state index is 0.000865. The van der Waals surface area contributed by atoms with Crippen molar-refractivity contribution in [3.05, 3.63) is 29.8 Å². The van der Waals surface area contributed by atoms with E-state index in [1.54, 1.807) is 0 Å². The topological polar surface area (TPSA) is 88.4 Å². The molecule has 6 nitrogen and oxygen atoms in total. The fourth-order valence-electron chi connectivity index (χ4n) is 2.67. The van der Waals surface area contributed by atoms with Crippen LogP contribution in [0.2, 0.25) is 0 Å². The molecule has 1 fully saturated rings. The summed E-state index contributed by atoms with van der Waals surface area (Å²) in [5.74, 6) is 6.29. The van der Waals surface area contributed by atoms with Crippen molar-refractivity contribution in [2.45, 2.75) is 39.3 Å². The number of rotatable bonds is 6. The van der Waals surface area contributed by atoms with E-state index < -0.39 is 0 Å². The normalized spacial score (nSPS) is 24.5. The highest BCUT2D eigenvalue weighted by Crippen LogP contribution is 2.30. The van der Waals surface area contributed by atoms with Gasteiger partial charge in [0, 0.05) is 6.04 Å². The zero-order chi connectivity index (χ0) is 16.1. The number of benzene rings is 1. The standard InChI is InChI=1S/C16H26N4O2/c1-10(2)7-8-22-13-6-4-5-12(9-13)15-14(16(21)18-17)11(3)19-20-15/h4-6,9-11,14-15,19-20H,7-8,17H2,1-3H3,(H,18,21). The van der Waals surface area contributed by atoms with E-state index in [9.17, 15) is 4.79 Å². The smallest absolute Gasteiger partial charge is 0.240 e. The van der Waals surface area contributed by atoms with Crippen molar-refractivity contribution < 1.29 is 9.53 Å². The lowest BCUT2D eigenvalue weighted by atomic mass is 9.89. The Morgan fingerprint density at radius 3 is 2.86 bits per heavy atom. The molecule has 6 heteroatoms. The van der Waals surface area contributed by atoms with Crippen molar-refractivity contribution in [1.82, 2.24) is 16.3 Å². The summed E-state index contributed by atoms with van der Waals surface area (Å²) < 4.78 is 5.79. The van der Waals surface area contributed by atoms with Gasteiger partial charge in [-0.25, -0.2) is 11.3 Å². The molecular weight excluding hydrogens is 280 g/mol. The van der Waals surface area contributed by atoms with Crippen LogP contribution in [0.25, 0.3) is 0 Å². The summed E-state index contributed by atoms with van der Waals surface area (Å²) in [6.45, 7) is 6.99. The lowest BCUT2D eigenvalue weighted by molar-refractivity contribution is -0.125. The molecule has 0 saturated carbocycles. The van der Waals surface area contributed by atoms with Crippen LogP contribution in [0.4, 0.5) is 0 Å². The van der Waals surface area contributed by atoms with Gasteiger partial charge in [-0.1, -0.05) is 26.0 Å². The van der Waals surface area contributed by atoms with Crippen LogP contribution >= 0.6 is 0 Å². The molecule has 1 aliphatic heterocycles. The molecule has 1 aromatic rings. The Bertz CT molecular complexity index is 507. The predicted octanol–water partition coefficient (Wildman–Crippen LogP) is 1.26. The Morgan fingerprint density at radius 2 is 2.18 bits per heavy atom. The Hall–Kier alpha value is -1.63. The molecule has 0 spiro atoms. The number of amides is 1. The van der Waals surface area contributed by atoms with Crippen LogP contribution in [0.3, 0.4) is 0 Å². The number of hydrazine groups is 2. The quantitative estimate of drug-likeness (QED) is 0.361. The van der Waals surface area contributed by atoms with E-state index in [4.69, 9.17) is 10.6 Å². The molecular formula is C16H26N4O2. The van der Waals surface area contributed by atoms with Crippen molar-refractivity contribution in [2.75, 3.05) is 6.61 Å². The van der Waals surface area contributed by atoms with E-state index in [0.29, 0.717) is 12.5 Å². The molecule has 0 aliphatic carbocycles. The molecule has 1 saturated heterocycles. The van der Waals surface area contributed by atoms with Crippen LogP contribution in [0.15, 0.2) is 24.3 Å². The largest absolute Gasteiger partial charge is 0.494 e. The first-order valence-corrected chi connectivity index (χ1v) is 7.77. The number of hydrogen-bond donors (Lipinski definition) is 4. The minimum Gasteiger partial charge on any atom is -0.494 e. The van der Waals surface area contributed by atoms with Gasteiger partial charge in [0.05, 0.1) is 18.6 Å². The first-order chi connectivity index (χ1) is 10.5. The summed E-state index contributed by atoms with van der Waals surface area (Å²) in [5.41, 5.74) is 9.53. The van der Waals surface area contributed by atoms with Crippen LogP contribution in [-0.4, -0.2) is 18.6 Å². The zero-order valence-electron chi connectivity index (χ0n) is 13.4. The molecule has 0 bridgehead atoms. The van der Waals surface area contributed by atoms with Gasteiger partial charge in [0.1, 0.15) is 5.75 Å². The second-order valence-corrected chi connectivity index (χ2v) is 6.19. The zero-order valence-corrected chi connectivity index (χ0v) is 13.4. The third-order valence-electron chi connectivity index (χ3n) is 3.99. The molecule has 22 heavy (non-hydrogen) atoms. The van der Waals surface area contributed by atoms with Gasteiger partial charge < -0.3 is 4.74 Å². The molecule has 1 aliphatic rings. The molecule has 122 valence electrons. The highest BCUT2D eigenvalue weighted by atomic mass is 16.5. The Kier molecular flexibility index (Phi) is 5.76. The highest BCUT2D eigenvalue weighted by Gasteiger charge is 2.39. The van der Waals surface area contributed by atoms with Crippen molar-refractivity contribution in [3.8, 4) is 5.75 Å². The lowest BCUT2D eigenvalue weighted by Crippen LogP contribution is -2.41. The maximum atomic E-state index is 12.0. The first-order valence-electron chi connectivity index (χ1n) is 7.77. The molecule has 2 rings (SSSR count). The number of carbonyl (C=O) groups is 1. The van der Waals surface area contributed by atoms with E-state index in [1.807, 2.05) is 31.2 Å². The number of nitrogens with one attached hydrogen (secondary N) is 3. The van der Waals surface area contributed by atoms with E-state index in [2.05, 4.69) is 30.1 Å². The van der Waals surface area contributed by atoms with Crippen molar-refractivity contribution in [1.29, 1.82) is 0 Å². The molecule has 1 amide bonds. The predicted molar refractivity (Wildman–Crippen MR) is 85.7 cm³/mol. The van der Waals surface area contributed by atoms with Gasteiger partial charge >= 0.3 is 0 Å². The first kappa shape index (κ1) is 16.7. The molecule has 0 aromatic heterocycles. The van der Waals surface area contributed by atoms with E-state index in [1.165, 1.54) is 0 Å². The Morgan fingerprint density at radius 1 is 1.41 bits per heavy atom. The van der Waals surface area contributed by atoms with Crippen molar-refractivity contribution in [3.63, 3.8) is 0 Å². The second-order valence-electron chi connectivity index (χ2n) is 6.19. The molecule has 5 N–H and O–H groups in total. The average Bonchev–Trinajstić information content (AvgIpc) is 2.88. The maximum absolute atomic E-state index is 12.0. The molecule has 1 heterocycles. The van der Waals surface area contributed by atoms with Gasteiger partial charge in [0.2, 0.25) is 5.91 Å². The third kappa shape index (κ3) is 3.97. The lowest BCUT2D eigenvalue weighted by Gasteiger charge is -2.20. The number of ether oxygens (including phenoxy) is 1. The summed E-state index contributed by atoms with van der Waals surface area (Å²) in [4.78, 5) is 12.0. The summed E-state index contributed by atoms with van der Waals surface area (Å²) >= 11 is 0. The fraction of sp³-hybridized carbons (Fsp3) is 0.562. The van der Waals surface area contributed by atoms with E-state index >= 15 is 0 Å². The van der Waals surface area contributed by atoms with Crippen LogP contribution in [-0.2, 0) is 4.79 Å². The van der Waals surface area contributed by atoms with Crippen molar-refractivity contribution in [2.24, 2.45) is 17.7 Å². The Balaban J connectivity index is 2.09. The van der Waals surface area contributed by atoms with Crippen LogP contribution in [0.1, 0.15) is 38.8 Å². The molecule has 3 unspecified atom stereocenters. The SMILES string of the molecule is CC(C)CCOc1cccc(C2NNC(C)C2C(=O)NN)c1. The number of hydrogen-bond acceptors (Lipinski definition) is 5. The third-order valence-corrected chi connectivity index (χ3v) is 3.99. The summed E-state index contributed by atoms with van der Waals surface area (Å²) in [5, 5.41) is 0. The monoisotopic (exact) mass is 306 g/mol. The van der Waals surface area contributed by atoms with Gasteiger partial charge in [-0.15, -0.1) is 0 Å². The highest BCUT2D eigenvalue weighted by molar-refractivity contribution is 5.80. The molecule has 0 radical (unpaired) electrons. The molecule has 1 aromatic carbocycles. The second kappa shape index (κ2) is 7.58. The van der Waals surface area contributed by atoms with Crippen LogP contribution in [0.5, 0.6) is 5.75 Å². The Labute approximate surface area is 131 Å². The van der Waals surface area contributed by atoms with Gasteiger partial charge in [0.15, 0.2) is 0 Å². The fourth-order valence-corrected chi connectivity index (χ4v) is 2.67. The van der Waals surface area contributed by atoms with Crippen LogP contribution in [0, 0.1) is 11.8 Å². The van der Waals surface area contributed by atoms with Gasteiger partial charge in [-0.3, -0.25) is 15.6 Å². The number of carbonyl (C=O) groups excluding carboxylic acids is 1. The summed E-state index contributed by atoms with van der Waals surface area (Å²) in [6, 6.07) is 7.72. The van der Waals surface area contributed by atoms with Gasteiger partial charge in [-0.05, 0) is 37.0 Å². The van der Waals surface area contributed by atoms with Gasteiger partial charge in [-0.2, -0.15) is 0 Å². The summed E-state index contributed by atoms with van der Waals surface area (Å²) in [6.07, 6.45) is 1.02. The molecule has 3 atom stereocenters. The number of nitrogens with two attached hydrogens (primary N) is 1. The summed E-state index contributed by atoms with van der Waals surface area (Å²) in [7, 11) is 0. The van der Waals surface area contributed by atoms with Crippen molar-refractivity contribution >= 4 is 5.91 Å². The minimum atomic E-state index is -0.268. The average molecular weight is 306 g/mol. The van der Waals surface area contributed by atoms with E-state index in [0.717, 1.165) is 17.7 Å².